The van der Waals surface area contributed by atoms with Crippen molar-refractivity contribution in [3.8, 4) is 0 Å². The highest BCUT2D eigenvalue weighted by atomic mass is 15.1. The first-order chi connectivity index (χ1) is 8.33. The Hall–Kier alpha value is -0.860. The second-order valence-electron chi connectivity index (χ2n) is 5.61. The Morgan fingerprint density at radius 1 is 1.24 bits per heavy atom. The quantitative estimate of drug-likeness (QED) is 0.862. The number of aryl methyl sites for hydroxylation is 1. The summed E-state index contributed by atoms with van der Waals surface area (Å²) in [6.45, 7) is 3.38. The zero-order valence-electron chi connectivity index (χ0n) is 10.4. The minimum Gasteiger partial charge on any atom is -0.326 e. The van der Waals surface area contributed by atoms with Crippen LogP contribution in [0.4, 0.5) is 0 Å². The van der Waals surface area contributed by atoms with Gasteiger partial charge in [-0.2, -0.15) is 0 Å². The van der Waals surface area contributed by atoms with Crippen LogP contribution in [0.1, 0.15) is 30.4 Å². The fourth-order valence-electron chi connectivity index (χ4n) is 2.90. The molecule has 1 aliphatic heterocycles. The SMILES string of the molecule is NC(CN1CCCc2ccccc2C1)C1CC1. The maximum absolute atomic E-state index is 6.24. The van der Waals surface area contributed by atoms with Gasteiger partial charge in [-0.15, -0.1) is 0 Å². The predicted octanol–water partition coefficient (Wildman–Crippen LogP) is 2.17. The Morgan fingerprint density at radius 3 is 2.76 bits per heavy atom. The van der Waals surface area contributed by atoms with Crippen LogP contribution in [0.5, 0.6) is 0 Å². The van der Waals surface area contributed by atoms with Crippen LogP contribution in [-0.2, 0) is 13.0 Å². The Labute approximate surface area is 104 Å². The molecule has 1 saturated carbocycles. The molecule has 1 aromatic carbocycles. The van der Waals surface area contributed by atoms with E-state index in [4.69, 9.17) is 5.73 Å². The van der Waals surface area contributed by atoms with Crippen molar-refractivity contribution in [3.63, 3.8) is 0 Å². The highest BCUT2D eigenvalue weighted by Crippen LogP contribution is 2.32. The van der Waals surface area contributed by atoms with Gasteiger partial charge in [0.1, 0.15) is 0 Å². The summed E-state index contributed by atoms with van der Waals surface area (Å²) in [7, 11) is 0. The Kier molecular flexibility index (Phi) is 3.17. The lowest BCUT2D eigenvalue weighted by atomic mass is 10.0. The normalized spacial score (nSPS) is 22.9. The van der Waals surface area contributed by atoms with E-state index in [1.54, 1.807) is 0 Å². The van der Waals surface area contributed by atoms with Crippen molar-refractivity contribution in [2.75, 3.05) is 13.1 Å². The van der Waals surface area contributed by atoms with Crippen LogP contribution >= 0.6 is 0 Å². The van der Waals surface area contributed by atoms with Gasteiger partial charge in [-0.1, -0.05) is 24.3 Å². The van der Waals surface area contributed by atoms with Crippen LogP contribution in [0.15, 0.2) is 24.3 Å². The largest absolute Gasteiger partial charge is 0.326 e. The minimum absolute atomic E-state index is 0.403. The summed E-state index contributed by atoms with van der Waals surface area (Å²) >= 11 is 0. The molecule has 17 heavy (non-hydrogen) atoms. The number of hydrogen-bond donors (Lipinski definition) is 1. The number of hydrogen-bond acceptors (Lipinski definition) is 2. The third-order valence-corrected chi connectivity index (χ3v) is 4.13. The molecule has 0 spiro atoms. The van der Waals surface area contributed by atoms with Crippen LogP contribution in [-0.4, -0.2) is 24.0 Å². The highest BCUT2D eigenvalue weighted by Gasteiger charge is 2.29. The van der Waals surface area contributed by atoms with Gasteiger partial charge in [-0.3, -0.25) is 4.90 Å². The van der Waals surface area contributed by atoms with Crippen molar-refractivity contribution < 1.29 is 0 Å². The lowest BCUT2D eigenvalue weighted by molar-refractivity contribution is 0.244. The molecule has 2 N–H and O–H groups in total. The summed E-state index contributed by atoms with van der Waals surface area (Å²) in [6, 6.07) is 9.27. The highest BCUT2D eigenvalue weighted by molar-refractivity contribution is 5.28. The van der Waals surface area contributed by atoms with Gasteiger partial charge >= 0.3 is 0 Å². The maximum Gasteiger partial charge on any atom is 0.0237 e. The number of benzene rings is 1. The molecule has 0 saturated heterocycles. The van der Waals surface area contributed by atoms with Crippen LogP contribution in [0.3, 0.4) is 0 Å². The first kappa shape index (κ1) is 11.2. The molecule has 0 bridgehead atoms. The van der Waals surface area contributed by atoms with E-state index in [2.05, 4.69) is 29.2 Å². The van der Waals surface area contributed by atoms with Crippen molar-refractivity contribution in [1.82, 2.24) is 4.90 Å². The summed E-state index contributed by atoms with van der Waals surface area (Å²) in [5.74, 6) is 0.813. The molecule has 2 heteroatoms. The average Bonchev–Trinajstić information content (AvgIpc) is 3.15. The van der Waals surface area contributed by atoms with Gasteiger partial charge in [-0.05, 0) is 49.3 Å². The van der Waals surface area contributed by atoms with Crippen molar-refractivity contribution in [1.29, 1.82) is 0 Å². The van der Waals surface area contributed by atoms with E-state index in [0.717, 1.165) is 19.0 Å². The molecule has 2 nitrogen and oxygen atoms in total. The molecule has 0 radical (unpaired) electrons. The van der Waals surface area contributed by atoms with Gasteiger partial charge in [-0.25, -0.2) is 0 Å². The standard InChI is InChI=1S/C15H22N2/c16-15(13-7-8-13)11-17-9-3-6-12-4-1-2-5-14(12)10-17/h1-2,4-5,13,15H,3,6-11,16H2. The summed E-state index contributed by atoms with van der Waals surface area (Å²) in [4.78, 5) is 2.55. The third-order valence-electron chi connectivity index (χ3n) is 4.13. The van der Waals surface area contributed by atoms with Crippen molar-refractivity contribution in [2.24, 2.45) is 11.7 Å². The van der Waals surface area contributed by atoms with E-state index in [-0.39, 0.29) is 0 Å². The van der Waals surface area contributed by atoms with Crippen molar-refractivity contribution in [2.45, 2.75) is 38.3 Å². The number of rotatable bonds is 3. The molecule has 0 aromatic heterocycles. The minimum atomic E-state index is 0.403. The van der Waals surface area contributed by atoms with E-state index in [1.807, 2.05) is 0 Å². The van der Waals surface area contributed by atoms with Crippen molar-refractivity contribution in [3.05, 3.63) is 35.4 Å². The smallest absolute Gasteiger partial charge is 0.0237 e. The topological polar surface area (TPSA) is 29.3 Å². The summed E-state index contributed by atoms with van der Waals surface area (Å²) in [6.07, 6.45) is 5.21. The fraction of sp³-hybridized carbons (Fsp3) is 0.600. The molecular formula is C15H22N2. The van der Waals surface area contributed by atoms with E-state index in [9.17, 15) is 0 Å². The summed E-state index contributed by atoms with van der Waals surface area (Å²) < 4.78 is 0. The predicted molar refractivity (Wildman–Crippen MR) is 70.7 cm³/mol. The molecule has 1 aromatic rings. The monoisotopic (exact) mass is 230 g/mol. The van der Waals surface area contributed by atoms with Crippen LogP contribution in [0.25, 0.3) is 0 Å². The Bertz CT molecular complexity index is 384. The van der Waals surface area contributed by atoms with Crippen LogP contribution < -0.4 is 5.73 Å². The molecule has 1 unspecified atom stereocenters. The molecule has 0 amide bonds. The van der Waals surface area contributed by atoms with E-state index < -0.39 is 0 Å². The van der Waals surface area contributed by atoms with E-state index in [0.29, 0.717) is 6.04 Å². The van der Waals surface area contributed by atoms with E-state index in [1.165, 1.54) is 43.4 Å². The Morgan fingerprint density at radius 2 is 2.00 bits per heavy atom. The number of nitrogens with two attached hydrogens (primary N) is 1. The zero-order valence-corrected chi connectivity index (χ0v) is 10.4. The van der Waals surface area contributed by atoms with Crippen molar-refractivity contribution >= 4 is 0 Å². The lowest BCUT2D eigenvalue weighted by Gasteiger charge is -2.24. The summed E-state index contributed by atoms with van der Waals surface area (Å²) in [5, 5.41) is 0. The second-order valence-corrected chi connectivity index (χ2v) is 5.61. The zero-order chi connectivity index (χ0) is 11.7. The van der Waals surface area contributed by atoms with Crippen LogP contribution in [0.2, 0.25) is 0 Å². The van der Waals surface area contributed by atoms with Gasteiger partial charge in [0.25, 0.3) is 0 Å². The molecule has 1 aliphatic carbocycles. The average molecular weight is 230 g/mol. The maximum atomic E-state index is 6.24. The summed E-state index contributed by atoms with van der Waals surface area (Å²) in [5.41, 5.74) is 9.28. The fourth-order valence-corrected chi connectivity index (χ4v) is 2.90. The Balaban J connectivity index is 1.67. The molecule has 3 rings (SSSR count). The molecule has 1 heterocycles. The van der Waals surface area contributed by atoms with E-state index >= 15 is 0 Å². The first-order valence-corrected chi connectivity index (χ1v) is 6.87. The van der Waals surface area contributed by atoms with Gasteiger partial charge in [0.05, 0.1) is 0 Å². The lowest BCUT2D eigenvalue weighted by Crippen LogP contribution is -2.38. The molecule has 1 atom stereocenters. The van der Waals surface area contributed by atoms with Gasteiger partial charge in [0.2, 0.25) is 0 Å². The molecule has 2 aliphatic rings. The molecular weight excluding hydrogens is 208 g/mol. The van der Waals surface area contributed by atoms with Gasteiger partial charge < -0.3 is 5.73 Å². The first-order valence-electron chi connectivity index (χ1n) is 6.87. The third kappa shape index (κ3) is 2.70. The number of nitrogens with zero attached hydrogens (tertiary/aromatic N) is 1. The number of fused-ring (bicyclic) bond motifs is 1. The van der Waals surface area contributed by atoms with Gasteiger partial charge in [0.15, 0.2) is 0 Å². The molecule has 1 fully saturated rings. The molecule has 92 valence electrons. The van der Waals surface area contributed by atoms with Gasteiger partial charge in [0, 0.05) is 19.1 Å². The van der Waals surface area contributed by atoms with Crippen LogP contribution in [0, 0.1) is 5.92 Å². The second kappa shape index (κ2) is 4.79.